The number of carbonyl (C=O) groups is 1. The number of nitrogens with one attached hydrogen (secondary N) is 1. The molecule has 2 aliphatic heterocycles. The molecule has 2 aromatic rings. The molecule has 4 heterocycles. The van der Waals surface area contributed by atoms with Crippen LogP contribution in [0.25, 0.3) is 11.3 Å². The Kier molecular flexibility index (Phi) is 4.95. The number of hydrogen-bond acceptors (Lipinski definition) is 7. The number of hydrogen-bond donors (Lipinski definition) is 1. The highest BCUT2D eigenvalue weighted by Gasteiger charge is 2.32. The molecular formula is C21H27N5O3. The average molecular weight is 397 g/mol. The molecule has 2 aromatic heterocycles. The van der Waals surface area contributed by atoms with E-state index in [0.29, 0.717) is 12.5 Å². The second kappa shape index (κ2) is 7.74. The van der Waals surface area contributed by atoms with E-state index in [4.69, 9.17) is 14.2 Å². The van der Waals surface area contributed by atoms with Gasteiger partial charge in [0.05, 0.1) is 17.0 Å². The molecule has 0 unspecified atom stereocenters. The number of amides is 1. The fourth-order valence-electron chi connectivity index (χ4n) is 4.19. The minimum atomic E-state index is -0.260. The number of piperidine rings is 1. The Hall–Kier alpha value is -2.48. The highest BCUT2D eigenvalue weighted by Crippen LogP contribution is 2.43. The number of ether oxygens (including phenoxy) is 1. The number of carbonyl (C=O) groups excluding carboxylic acids is 1. The van der Waals surface area contributed by atoms with Gasteiger partial charge in [0.2, 0.25) is 11.9 Å². The minimum absolute atomic E-state index is 0.0416. The lowest BCUT2D eigenvalue weighted by Crippen LogP contribution is -2.47. The molecule has 3 aliphatic rings. The maximum atomic E-state index is 12.3. The first kappa shape index (κ1) is 18.5. The van der Waals surface area contributed by atoms with Crippen molar-refractivity contribution in [1.82, 2.24) is 20.4 Å². The van der Waals surface area contributed by atoms with Gasteiger partial charge in [-0.15, -0.1) is 0 Å². The van der Waals surface area contributed by atoms with Crippen LogP contribution < -0.4 is 10.2 Å². The van der Waals surface area contributed by atoms with Crippen molar-refractivity contribution in [3.05, 3.63) is 23.7 Å². The van der Waals surface area contributed by atoms with Crippen molar-refractivity contribution in [2.24, 2.45) is 0 Å². The number of aromatic nitrogens is 3. The molecular weight excluding hydrogens is 370 g/mol. The second-order valence-electron chi connectivity index (χ2n) is 8.35. The van der Waals surface area contributed by atoms with E-state index in [9.17, 15) is 4.79 Å². The standard InChI is InChI=1S/C21H27N5O3/c1-13-11-18(29-25-13)16-12-22-21(24-19(16)14-4-5-14)26-8-6-15(7-9-26)23-20(27)17-3-2-10-28-17/h11-12,14-15,17H,2-10H2,1H3,(H,23,27)/t17-/m0/s1. The van der Waals surface area contributed by atoms with Gasteiger partial charge in [-0.1, -0.05) is 5.16 Å². The quantitative estimate of drug-likeness (QED) is 0.829. The molecule has 29 heavy (non-hydrogen) atoms. The zero-order valence-corrected chi connectivity index (χ0v) is 16.8. The van der Waals surface area contributed by atoms with Gasteiger partial charge < -0.3 is 19.5 Å². The molecule has 8 nitrogen and oxygen atoms in total. The van der Waals surface area contributed by atoms with Crippen LogP contribution in [0, 0.1) is 6.92 Å². The molecule has 5 rings (SSSR count). The van der Waals surface area contributed by atoms with Crippen LogP contribution in [0.4, 0.5) is 5.95 Å². The Balaban J connectivity index is 1.25. The molecule has 0 radical (unpaired) electrons. The van der Waals surface area contributed by atoms with Crippen molar-refractivity contribution in [1.29, 1.82) is 0 Å². The first-order chi connectivity index (χ1) is 14.2. The Morgan fingerprint density at radius 2 is 2.03 bits per heavy atom. The van der Waals surface area contributed by atoms with E-state index in [1.54, 1.807) is 0 Å². The summed E-state index contributed by atoms with van der Waals surface area (Å²) >= 11 is 0. The van der Waals surface area contributed by atoms with E-state index in [-0.39, 0.29) is 18.1 Å². The topological polar surface area (TPSA) is 93.4 Å². The Bertz CT molecular complexity index is 880. The summed E-state index contributed by atoms with van der Waals surface area (Å²) in [6.45, 7) is 4.28. The summed E-state index contributed by atoms with van der Waals surface area (Å²) in [5.74, 6) is 2.04. The van der Waals surface area contributed by atoms with Crippen LogP contribution in [0.1, 0.15) is 55.8 Å². The second-order valence-corrected chi connectivity index (χ2v) is 8.35. The van der Waals surface area contributed by atoms with E-state index in [2.05, 4.69) is 20.4 Å². The number of aryl methyl sites for hydroxylation is 1. The molecule has 1 N–H and O–H groups in total. The van der Waals surface area contributed by atoms with E-state index < -0.39 is 0 Å². The summed E-state index contributed by atoms with van der Waals surface area (Å²) in [6, 6.07) is 2.13. The summed E-state index contributed by atoms with van der Waals surface area (Å²) in [6.07, 6.45) is 7.53. The molecule has 0 bridgehead atoms. The van der Waals surface area contributed by atoms with Crippen LogP contribution in [0.15, 0.2) is 16.8 Å². The molecule has 0 spiro atoms. The maximum Gasteiger partial charge on any atom is 0.249 e. The fraction of sp³-hybridized carbons (Fsp3) is 0.619. The highest BCUT2D eigenvalue weighted by atomic mass is 16.5. The minimum Gasteiger partial charge on any atom is -0.368 e. The summed E-state index contributed by atoms with van der Waals surface area (Å²) in [7, 11) is 0. The summed E-state index contributed by atoms with van der Waals surface area (Å²) in [4.78, 5) is 24.0. The molecule has 8 heteroatoms. The largest absolute Gasteiger partial charge is 0.368 e. The van der Waals surface area contributed by atoms with Crippen LogP contribution in [0.3, 0.4) is 0 Å². The molecule has 1 saturated carbocycles. The summed E-state index contributed by atoms with van der Waals surface area (Å²) in [5, 5.41) is 7.16. The van der Waals surface area contributed by atoms with Crippen molar-refractivity contribution in [3.63, 3.8) is 0 Å². The Morgan fingerprint density at radius 3 is 2.69 bits per heavy atom. The van der Waals surface area contributed by atoms with Crippen molar-refractivity contribution in [3.8, 4) is 11.3 Å². The average Bonchev–Trinajstić information content (AvgIpc) is 3.25. The summed E-state index contributed by atoms with van der Waals surface area (Å²) in [5.41, 5.74) is 2.88. The number of anilines is 1. The molecule has 3 fully saturated rings. The third-order valence-corrected chi connectivity index (χ3v) is 6.01. The predicted molar refractivity (Wildman–Crippen MR) is 107 cm³/mol. The molecule has 1 amide bonds. The highest BCUT2D eigenvalue weighted by molar-refractivity contribution is 5.81. The van der Waals surface area contributed by atoms with Gasteiger partial charge in [-0.3, -0.25) is 4.79 Å². The van der Waals surface area contributed by atoms with Crippen LogP contribution in [-0.2, 0) is 9.53 Å². The normalized spacial score (nSPS) is 22.8. The third kappa shape index (κ3) is 3.99. The summed E-state index contributed by atoms with van der Waals surface area (Å²) < 4.78 is 10.9. The SMILES string of the molecule is Cc1cc(-c2cnc(N3CCC(NC(=O)[C@@H]4CCCO4)CC3)nc2C2CC2)on1. The molecule has 1 aliphatic carbocycles. The third-order valence-electron chi connectivity index (χ3n) is 6.01. The van der Waals surface area contributed by atoms with Gasteiger partial charge >= 0.3 is 0 Å². The molecule has 154 valence electrons. The van der Waals surface area contributed by atoms with Gasteiger partial charge in [-0.2, -0.15) is 0 Å². The first-order valence-corrected chi connectivity index (χ1v) is 10.6. The number of nitrogens with zero attached hydrogens (tertiary/aromatic N) is 4. The predicted octanol–water partition coefficient (Wildman–Crippen LogP) is 2.58. The Labute approximate surface area is 170 Å². The smallest absolute Gasteiger partial charge is 0.249 e. The van der Waals surface area contributed by atoms with E-state index >= 15 is 0 Å². The zero-order chi connectivity index (χ0) is 19.8. The number of rotatable bonds is 5. The van der Waals surface area contributed by atoms with Crippen LogP contribution in [-0.4, -0.2) is 52.9 Å². The van der Waals surface area contributed by atoms with Crippen LogP contribution in [0.2, 0.25) is 0 Å². The molecule has 0 aromatic carbocycles. The molecule has 1 atom stereocenters. The fourth-order valence-corrected chi connectivity index (χ4v) is 4.19. The van der Waals surface area contributed by atoms with E-state index in [1.165, 1.54) is 0 Å². The van der Waals surface area contributed by atoms with E-state index in [1.807, 2.05) is 19.2 Å². The van der Waals surface area contributed by atoms with E-state index in [0.717, 1.165) is 80.3 Å². The van der Waals surface area contributed by atoms with Crippen molar-refractivity contribution < 1.29 is 14.1 Å². The molecule has 2 saturated heterocycles. The van der Waals surface area contributed by atoms with Gasteiger partial charge in [0.15, 0.2) is 5.76 Å². The van der Waals surface area contributed by atoms with Crippen molar-refractivity contribution in [2.75, 3.05) is 24.6 Å². The van der Waals surface area contributed by atoms with Gasteiger partial charge in [0.25, 0.3) is 0 Å². The lowest BCUT2D eigenvalue weighted by Gasteiger charge is -2.33. The van der Waals surface area contributed by atoms with Gasteiger partial charge in [0.1, 0.15) is 6.10 Å². The van der Waals surface area contributed by atoms with Gasteiger partial charge in [0, 0.05) is 43.9 Å². The monoisotopic (exact) mass is 397 g/mol. The lowest BCUT2D eigenvalue weighted by atomic mass is 10.0. The van der Waals surface area contributed by atoms with Crippen molar-refractivity contribution >= 4 is 11.9 Å². The van der Waals surface area contributed by atoms with Crippen LogP contribution in [0.5, 0.6) is 0 Å². The lowest BCUT2D eigenvalue weighted by molar-refractivity contribution is -0.130. The first-order valence-electron chi connectivity index (χ1n) is 10.6. The van der Waals surface area contributed by atoms with Gasteiger partial charge in [-0.25, -0.2) is 9.97 Å². The zero-order valence-electron chi connectivity index (χ0n) is 16.8. The van der Waals surface area contributed by atoms with Crippen LogP contribution >= 0.6 is 0 Å². The Morgan fingerprint density at radius 1 is 1.21 bits per heavy atom. The van der Waals surface area contributed by atoms with Crippen molar-refractivity contribution in [2.45, 2.75) is 63.5 Å². The van der Waals surface area contributed by atoms with Gasteiger partial charge in [-0.05, 0) is 45.4 Å². The maximum absolute atomic E-state index is 12.3.